The fraction of sp³-hybridized carbons (Fsp3) is 0.655. The number of benzene rings is 1. The largest absolute Gasteiger partial charge is 0.382 e. The maximum absolute atomic E-state index is 13.1. The Morgan fingerprint density at radius 2 is 1.66 bits per heavy atom. The van der Waals surface area contributed by atoms with Crippen molar-refractivity contribution in [1.29, 1.82) is 0 Å². The zero-order chi connectivity index (χ0) is 26.8. The molecule has 0 saturated carbocycles. The van der Waals surface area contributed by atoms with Gasteiger partial charge in [-0.25, -0.2) is 0 Å². The van der Waals surface area contributed by atoms with E-state index in [-0.39, 0.29) is 70.0 Å². The van der Waals surface area contributed by atoms with E-state index in [4.69, 9.17) is 15.2 Å². The maximum atomic E-state index is 13.1. The second kappa shape index (κ2) is 22.4. The van der Waals surface area contributed by atoms with Gasteiger partial charge in [0.05, 0.1) is 25.8 Å². The molecule has 0 saturated heterocycles. The molecule has 4 N–H and O–H groups in total. The van der Waals surface area contributed by atoms with Gasteiger partial charge in [-0.2, -0.15) is 0 Å². The lowest BCUT2D eigenvalue weighted by molar-refractivity contribution is -0.133. The number of hydrogen-bond donors (Lipinski definition) is 3. The lowest BCUT2D eigenvalue weighted by Gasteiger charge is -2.23. The van der Waals surface area contributed by atoms with Crippen LogP contribution in [0.1, 0.15) is 66.4 Å². The van der Waals surface area contributed by atoms with Crippen molar-refractivity contribution in [2.24, 2.45) is 17.6 Å². The van der Waals surface area contributed by atoms with E-state index >= 15 is 0 Å². The summed E-state index contributed by atoms with van der Waals surface area (Å²) in [6.07, 6.45) is 1.58. The predicted molar refractivity (Wildman–Crippen MR) is 152 cm³/mol. The van der Waals surface area contributed by atoms with Gasteiger partial charge in [-0.3, -0.25) is 19.2 Å². The van der Waals surface area contributed by atoms with Crippen LogP contribution in [0.3, 0.4) is 0 Å². The van der Waals surface area contributed by atoms with Gasteiger partial charge in [0.2, 0.25) is 11.8 Å². The van der Waals surface area contributed by atoms with Gasteiger partial charge in [0, 0.05) is 45.4 Å². The van der Waals surface area contributed by atoms with E-state index in [0.717, 1.165) is 5.56 Å². The second-order valence-corrected chi connectivity index (χ2v) is 9.30. The monoisotopic (exact) mass is 537 g/mol. The third-order valence-corrected chi connectivity index (χ3v) is 5.63. The molecule has 0 heterocycles. The molecule has 1 rings (SSSR count). The minimum Gasteiger partial charge on any atom is -0.382 e. The molecule has 1 aromatic rings. The number of nitrogens with two attached hydrogens (primary N) is 1. The average Bonchev–Trinajstić information content (AvgIpc) is 2.86. The van der Waals surface area contributed by atoms with Gasteiger partial charge < -0.3 is 25.8 Å². The predicted octanol–water partition coefficient (Wildman–Crippen LogP) is 3.08. The van der Waals surface area contributed by atoms with E-state index < -0.39 is 12.0 Å². The number of methoxy groups -OCH3 is 1. The van der Waals surface area contributed by atoms with Crippen LogP contribution in [0.4, 0.5) is 0 Å². The van der Waals surface area contributed by atoms with Crippen LogP contribution in [0.25, 0.3) is 0 Å². The number of nitrogens with one attached hydrogen (secondary N) is 2. The Balaban J connectivity index is 0. The molecule has 38 heavy (non-hydrogen) atoms. The van der Waals surface area contributed by atoms with E-state index in [1.807, 2.05) is 44.2 Å². The molecule has 2 unspecified atom stereocenters. The number of rotatable bonds is 20. The summed E-state index contributed by atoms with van der Waals surface area (Å²) in [6.45, 7) is 5.81. The highest BCUT2D eigenvalue weighted by molar-refractivity contribution is 5.93. The SMILES string of the molecule is C.C.COCCOCCCNC(=O)CCC(=O)C(CC(C)C)NC(=O)C(CC(=O)CN)Cc1ccccc1. The van der Waals surface area contributed by atoms with Gasteiger partial charge in [-0.05, 0) is 30.7 Å². The molecule has 218 valence electrons. The van der Waals surface area contributed by atoms with Gasteiger partial charge in [0.1, 0.15) is 5.78 Å². The first kappa shape index (κ1) is 37.5. The van der Waals surface area contributed by atoms with Crippen LogP contribution in [0.5, 0.6) is 0 Å². The first-order valence-electron chi connectivity index (χ1n) is 12.7. The molecule has 0 radical (unpaired) electrons. The van der Waals surface area contributed by atoms with Crippen molar-refractivity contribution in [2.75, 3.05) is 40.0 Å². The molecule has 0 spiro atoms. The Hall–Kier alpha value is -2.62. The molecule has 0 aliphatic heterocycles. The summed E-state index contributed by atoms with van der Waals surface area (Å²) in [5.74, 6) is -1.44. The van der Waals surface area contributed by atoms with Crippen LogP contribution >= 0.6 is 0 Å². The van der Waals surface area contributed by atoms with Crippen LogP contribution in [-0.4, -0.2) is 69.4 Å². The summed E-state index contributed by atoms with van der Waals surface area (Å²) in [5, 5.41) is 5.64. The number of Topliss-reactive ketones (excluding diaryl/α,β-unsaturated/α-hetero) is 2. The quantitative estimate of drug-likeness (QED) is 0.217. The Morgan fingerprint density at radius 3 is 2.26 bits per heavy atom. The number of hydrogen-bond acceptors (Lipinski definition) is 7. The fourth-order valence-electron chi connectivity index (χ4n) is 3.69. The molecule has 9 nitrogen and oxygen atoms in total. The summed E-state index contributed by atoms with van der Waals surface area (Å²) in [5.41, 5.74) is 6.41. The van der Waals surface area contributed by atoms with Gasteiger partial charge >= 0.3 is 0 Å². The number of carbonyl (C=O) groups excluding carboxylic acids is 4. The zero-order valence-electron chi connectivity index (χ0n) is 21.9. The molecular formula is C29H51N3O6. The Morgan fingerprint density at radius 1 is 0.974 bits per heavy atom. The normalized spacial score (nSPS) is 12.0. The third-order valence-electron chi connectivity index (χ3n) is 5.63. The van der Waals surface area contributed by atoms with Crippen LogP contribution < -0.4 is 16.4 Å². The number of carbonyl (C=O) groups is 4. The summed E-state index contributed by atoms with van der Waals surface area (Å²) >= 11 is 0. The highest BCUT2D eigenvalue weighted by Crippen LogP contribution is 2.16. The van der Waals surface area contributed by atoms with E-state index in [9.17, 15) is 19.2 Å². The molecule has 0 aliphatic rings. The van der Waals surface area contributed by atoms with Gasteiger partial charge in [0.15, 0.2) is 5.78 Å². The van der Waals surface area contributed by atoms with Crippen molar-refractivity contribution in [1.82, 2.24) is 10.6 Å². The van der Waals surface area contributed by atoms with Crippen molar-refractivity contribution in [3.05, 3.63) is 35.9 Å². The van der Waals surface area contributed by atoms with E-state index in [1.54, 1.807) is 7.11 Å². The summed E-state index contributed by atoms with van der Waals surface area (Å²) in [7, 11) is 1.61. The minimum absolute atomic E-state index is 0. The second-order valence-electron chi connectivity index (χ2n) is 9.30. The van der Waals surface area contributed by atoms with Crippen molar-refractivity contribution in [3.63, 3.8) is 0 Å². The molecule has 1 aromatic carbocycles. The van der Waals surface area contributed by atoms with Gasteiger partial charge in [-0.1, -0.05) is 59.0 Å². The fourth-order valence-corrected chi connectivity index (χ4v) is 3.69. The van der Waals surface area contributed by atoms with Crippen molar-refractivity contribution in [2.45, 2.75) is 73.3 Å². The lowest BCUT2D eigenvalue weighted by atomic mass is 9.91. The Labute approximate surface area is 229 Å². The van der Waals surface area contributed by atoms with Crippen LogP contribution in [-0.2, 0) is 35.1 Å². The van der Waals surface area contributed by atoms with E-state index in [0.29, 0.717) is 45.6 Å². The van der Waals surface area contributed by atoms with Crippen LogP contribution in [0, 0.1) is 11.8 Å². The van der Waals surface area contributed by atoms with Crippen molar-refractivity contribution >= 4 is 23.4 Å². The number of ether oxygens (including phenoxy) is 2. The zero-order valence-corrected chi connectivity index (χ0v) is 21.9. The maximum Gasteiger partial charge on any atom is 0.224 e. The first-order chi connectivity index (χ1) is 17.3. The summed E-state index contributed by atoms with van der Waals surface area (Å²) < 4.78 is 10.2. The highest BCUT2D eigenvalue weighted by atomic mass is 16.5. The van der Waals surface area contributed by atoms with E-state index in [1.165, 1.54) is 0 Å². The number of ketones is 2. The first-order valence-corrected chi connectivity index (χ1v) is 12.7. The molecule has 9 heteroatoms. The van der Waals surface area contributed by atoms with Gasteiger partial charge in [-0.15, -0.1) is 0 Å². The smallest absolute Gasteiger partial charge is 0.224 e. The molecule has 0 bridgehead atoms. The van der Waals surface area contributed by atoms with Crippen LogP contribution in [0.2, 0.25) is 0 Å². The molecule has 0 aromatic heterocycles. The number of amides is 2. The molecular weight excluding hydrogens is 486 g/mol. The summed E-state index contributed by atoms with van der Waals surface area (Å²) in [6, 6.07) is 8.71. The topological polar surface area (TPSA) is 137 Å². The minimum atomic E-state index is -0.717. The highest BCUT2D eigenvalue weighted by Gasteiger charge is 2.28. The van der Waals surface area contributed by atoms with E-state index in [2.05, 4.69) is 10.6 Å². The molecule has 2 amide bonds. The third kappa shape index (κ3) is 17.0. The summed E-state index contributed by atoms with van der Waals surface area (Å²) in [4.78, 5) is 50.3. The molecule has 2 atom stereocenters. The van der Waals surface area contributed by atoms with Crippen molar-refractivity contribution in [3.8, 4) is 0 Å². The van der Waals surface area contributed by atoms with Gasteiger partial charge in [0.25, 0.3) is 0 Å². The van der Waals surface area contributed by atoms with Crippen molar-refractivity contribution < 1.29 is 28.7 Å². The Kier molecular flexibility index (Phi) is 22.1. The molecule has 0 aliphatic carbocycles. The standard InChI is InChI=1S/C27H43N3O6.2CH4/c1-20(2)16-24(25(32)10-11-26(33)29-12-7-13-36-15-14-35-3)30-27(34)22(18-23(31)19-28)17-21-8-5-4-6-9-21;;/h4-6,8-9,20,22,24H,7,10-19,28H2,1-3H3,(H,29,33)(H,30,34);2*1H4. The lowest BCUT2D eigenvalue weighted by Crippen LogP contribution is -2.45. The van der Waals surface area contributed by atoms with Crippen LogP contribution in [0.15, 0.2) is 30.3 Å². The molecule has 0 fully saturated rings. The Bertz CT molecular complexity index is 801. The average molecular weight is 538 g/mol.